The van der Waals surface area contributed by atoms with E-state index in [4.69, 9.17) is 0 Å². The Morgan fingerprint density at radius 1 is 1.05 bits per heavy atom. The van der Waals surface area contributed by atoms with E-state index in [2.05, 4.69) is 27.5 Å². The number of nitrogens with zero attached hydrogens (tertiary/aromatic N) is 1. The van der Waals surface area contributed by atoms with Gasteiger partial charge in [0.05, 0.1) is 0 Å². The van der Waals surface area contributed by atoms with Crippen LogP contribution in [-0.2, 0) is 20.8 Å². The third-order valence-corrected chi connectivity index (χ3v) is 8.17. The number of aliphatic hydroxyl groups is 1. The Balaban J connectivity index is 1.45. The van der Waals surface area contributed by atoms with Crippen LogP contribution < -0.4 is 15.5 Å². The molecule has 0 spiro atoms. The van der Waals surface area contributed by atoms with Gasteiger partial charge in [0.1, 0.15) is 0 Å². The number of hydrogen-bond acceptors (Lipinski definition) is 5. The summed E-state index contributed by atoms with van der Waals surface area (Å²) in [5.41, 5.74) is 1.74. The Kier molecular flexibility index (Phi) is 9.67. The first-order valence-corrected chi connectivity index (χ1v) is 14.6. The molecule has 4 rings (SSSR count). The monoisotopic (exact) mass is 579 g/mol. The molecule has 0 saturated carbocycles. The van der Waals surface area contributed by atoms with Crippen molar-refractivity contribution in [1.29, 1.82) is 0 Å². The van der Waals surface area contributed by atoms with Crippen molar-refractivity contribution in [2.75, 3.05) is 23.7 Å². The van der Waals surface area contributed by atoms with Crippen LogP contribution >= 0.6 is 11.8 Å². The number of rotatable bonds is 10. The summed E-state index contributed by atoms with van der Waals surface area (Å²) in [6, 6.07) is 20.9. The SMILES string of the molecule is O=C(CCN1C(=O)CCSc2ccccc21)N[C@H](Cc1ccc2ccccc2c1)C(=O)NCC(O)C[As]. The van der Waals surface area contributed by atoms with E-state index in [1.807, 2.05) is 66.7 Å². The number of aliphatic hydroxyl groups excluding tert-OH is 1. The molecule has 2 atom stereocenters. The van der Waals surface area contributed by atoms with Crippen molar-refractivity contribution in [3.63, 3.8) is 0 Å². The Labute approximate surface area is 229 Å². The minimum atomic E-state index is -0.810. The summed E-state index contributed by atoms with van der Waals surface area (Å²) in [5.74, 6) is 0.0299. The van der Waals surface area contributed by atoms with E-state index in [1.165, 1.54) is 0 Å². The number of hydrogen-bond donors (Lipinski definition) is 3. The Hall–Kier alpha value is -2.80. The molecule has 2 radical (unpaired) electrons. The summed E-state index contributed by atoms with van der Waals surface area (Å²) in [7, 11) is 0. The Morgan fingerprint density at radius 3 is 2.62 bits per heavy atom. The first kappa shape index (κ1) is 27.2. The predicted molar refractivity (Wildman–Crippen MR) is 148 cm³/mol. The number of benzene rings is 3. The number of nitrogens with one attached hydrogen (secondary N) is 2. The third-order valence-electron chi connectivity index (χ3n) is 6.22. The molecule has 3 N–H and O–H groups in total. The van der Waals surface area contributed by atoms with Crippen molar-refractivity contribution in [3.8, 4) is 0 Å². The number of fused-ring (bicyclic) bond motifs is 2. The fourth-order valence-corrected chi connectivity index (χ4v) is 5.53. The predicted octanol–water partition coefficient (Wildman–Crippen LogP) is 2.85. The van der Waals surface area contributed by atoms with E-state index in [9.17, 15) is 19.5 Å². The van der Waals surface area contributed by atoms with Gasteiger partial charge in [-0.3, -0.25) is 4.79 Å². The van der Waals surface area contributed by atoms with Crippen LogP contribution in [0.25, 0.3) is 10.8 Å². The van der Waals surface area contributed by atoms with Crippen LogP contribution in [0, 0.1) is 0 Å². The van der Waals surface area contributed by atoms with E-state index in [0.29, 0.717) is 23.8 Å². The molecule has 7 nitrogen and oxygen atoms in total. The van der Waals surface area contributed by atoms with Crippen molar-refractivity contribution in [3.05, 3.63) is 72.3 Å². The van der Waals surface area contributed by atoms with Crippen LogP contribution in [0.1, 0.15) is 18.4 Å². The molecule has 1 aliphatic rings. The molecule has 3 aromatic carbocycles. The molecule has 1 aliphatic heterocycles. The first-order valence-electron chi connectivity index (χ1n) is 12.3. The molecule has 9 heteroatoms. The number of thioether (sulfide) groups is 1. The molecule has 37 heavy (non-hydrogen) atoms. The summed E-state index contributed by atoms with van der Waals surface area (Å²) in [5, 5.41) is 18.1. The first-order chi connectivity index (χ1) is 17.9. The summed E-state index contributed by atoms with van der Waals surface area (Å²) in [4.78, 5) is 41.5. The van der Waals surface area contributed by atoms with Gasteiger partial charge in [0.15, 0.2) is 0 Å². The molecule has 0 aliphatic carbocycles. The number of carbonyl (C=O) groups excluding carboxylic acids is 3. The van der Waals surface area contributed by atoms with Gasteiger partial charge in [-0.15, -0.1) is 11.8 Å². The van der Waals surface area contributed by atoms with Crippen LogP contribution in [0.4, 0.5) is 5.69 Å². The summed E-state index contributed by atoms with van der Waals surface area (Å²) < 4.78 is 0. The fraction of sp³-hybridized carbons (Fsp3) is 0.321. The zero-order valence-electron chi connectivity index (χ0n) is 20.4. The molecular weight excluding hydrogens is 549 g/mol. The summed E-state index contributed by atoms with van der Waals surface area (Å²) in [6.45, 7) is 0.341. The molecule has 0 bridgehead atoms. The van der Waals surface area contributed by atoms with Crippen LogP contribution in [-0.4, -0.2) is 70.7 Å². The Morgan fingerprint density at radius 2 is 1.81 bits per heavy atom. The molecule has 1 heterocycles. The van der Waals surface area contributed by atoms with Crippen LogP contribution in [0.3, 0.4) is 0 Å². The maximum atomic E-state index is 13.0. The summed E-state index contributed by atoms with van der Waals surface area (Å²) >= 11 is 3.93. The standard InChI is InChI=1S/C28H30AsN3O4S/c29-17-22(33)18-30-28(36)23(16-19-9-10-20-5-1-2-6-21(20)15-19)31-26(34)11-13-32-24-7-3-4-8-25(24)37-14-12-27(32)35/h1-10,15,22-23,33H,11-14,16-18H2,(H,30,36)(H,31,34)/t22?,23-/m1/s1. The van der Waals surface area contributed by atoms with E-state index < -0.39 is 12.1 Å². The summed E-state index contributed by atoms with van der Waals surface area (Å²) in [6.07, 6.45) is 0.115. The van der Waals surface area contributed by atoms with E-state index in [1.54, 1.807) is 16.7 Å². The van der Waals surface area contributed by atoms with Gasteiger partial charge in [0.2, 0.25) is 0 Å². The molecule has 0 aromatic heterocycles. The van der Waals surface area contributed by atoms with E-state index in [0.717, 1.165) is 26.9 Å². The zero-order valence-corrected chi connectivity index (χ0v) is 23.1. The van der Waals surface area contributed by atoms with Crippen LogP contribution in [0.2, 0.25) is 5.21 Å². The quantitative estimate of drug-likeness (QED) is 0.321. The van der Waals surface area contributed by atoms with E-state index >= 15 is 0 Å². The van der Waals surface area contributed by atoms with Gasteiger partial charge in [-0.05, 0) is 12.1 Å². The van der Waals surface area contributed by atoms with Gasteiger partial charge < -0.3 is 0 Å². The van der Waals surface area contributed by atoms with Crippen LogP contribution in [0.5, 0.6) is 0 Å². The molecule has 3 amide bonds. The number of anilines is 1. The minimum absolute atomic E-state index is 0.0114. The Bertz CT molecular complexity index is 1270. The van der Waals surface area contributed by atoms with Crippen molar-refractivity contribution < 1.29 is 19.5 Å². The molecule has 0 saturated heterocycles. The second-order valence-electron chi connectivity index (χ2n) is 8.95. The van der Waals surface area contributed by atoms with Crippen LogP contribution in [0.15, 0.2) is 71.6 Å². The molecule has 0 fully saturated rings. The third kappa shape index (κ3) is 7.37. The molecule has 1 unspecified atom stereocenters. The molecule has 3 aromatic rings. The number of amides is 3. The zero-order chi connectivity index (χ0) is 26.2. The van der Waals surface area contributed by atoms with E-state index in [-0.39, 0.29) is 37.2 Å². The maximum absolute atomic E-state index is 13.0. The normalized spacial score (nSPS) is 15.0. The topological polar surface area (TPSA) is 98.7 Å². The average Bonchev–Trinajstić information content (AvgIpc) is 3.07. The number of para-hydroxylation sites is 1. The number of carbonyl (C=O) groups is 3. The van der Waals surface area contributed by atoms with Crippen molar-refractivity contribution in [2.45, 2.75) is 41.5 Å². The van der Waals surface area contributed by atoms with Gasteiger partial charge in [0.25, 0.3) is 0 Å². The van der Waals surface area contributed by atoms with Gasteiger partial charge in [-0.2, -0.15) is 0 Å². The van der Waals surface area contributed by atoms with Gasteiger partial charge in [-0.25, -0.2) is 0 Å². The second-order valence-corrected chi connectivity index (χ2v) is 10.9. The molecular formula is C28H30AsN3O4S. The van der Waals surface area contributed by atoms with Crippen molar-refractivity contribution in [2.24, 2.45) is 0 Å². The van der Waals surface area contributed by atoms with Crippen molar-refractivity contribution in [1.82, 2.24) is 10.6 Å². The van der Waals surface area contributed by atoms with Crippen molar-refractivity contribution >= 4 is 62.8 Å². The molecule has 192 valence electrons. The van der Waals surface area contributed by atoms with Gasteiger partial charge in [0, 0.05) is 17.1 Å². The van der Waals surface area contributed by atoms with Gasteiger partial charge >= 0.3 is 167 Å². The van der Waals surface area contributed by atoms with Gasteiger partial charge in [-0.1, -0.05) is 18.2 Å². The second kappa shape index (κ2) is 13.1. The average molecular weight is 580 g/mol. The fourth-order valence-electron chi connectivity index (χ4n) is 4.26.